The number of likely N-dealkylation sites (tertiary alicyclic amines) is 1. The Kier molecular flexibility index (Phi) is 8.73. The number of amides is 2. The number of hydrogen-bond donors (Lipinski definition) is 2. The molecule has 0 bridgehead atoms. The topological polar surface area (TPSA) is 95.9 Å². The van der Waals surface area contributed by atoms with Crippen molar-refractivity contribution in [3.63, 3.8) is 0 Å². The lowest BCUT2D eigenvalue weighted by molar-refractivity contribution is -0.139. The maximum absolute atomic E-state index is 12.3. The molecule has 1 rings (SSSR count). The SMILES string of the molecule is CC(C)CC(=O)N1CCC[C@H]1CSC[C@H](NC(=O)OC(C)(C)C)C(=O)O. The molecule has 0 aromatic rings. The highest BCUT2D eigenvalue weighted by Gasteiger charge is 2.30. The van der Waals surface area contributed by atoms with Crippen molar-refractivity contribution in [1.29, 1.82) is 0 Å². The van der Waals surface area contributed by atoms with Crippen LogP contribution in [0.5, 0.6) is 0 Å². The van der Waals surface area contributed by atoms with Crippen molar-refractivity contribution < 1.29 is 24.2 Å². The second-order valence-corrected chi connectivity index (χ2v) is 9.13. The Balaban J connectivity index is 2.48. The van der Waals surface area contributed by atoms with Gasteiger partial charge in [0.15, 0.2) is 0 Å². The fourth-order valence-corrected chi connectivity index (χ4v) is 3.97. The largest absolute Gasteiger partial charge is 0.480 e. The summed E-state index contributed by atoms with van der Waals surface area (Å²) in [5.74, 6) is 0.305. The molecule has 2 atom stereocenters. The maximum Gasteiger partial charge on any atom is 0.408 e. The standard InChI is InChI=1S/C18H32N2O5S/c1-12(2)9-15(21)20-8-6-7-13(20)10-26-11-14(16(22)23)19-17(24)25-18(3,4)5/h12-14H,6-11H2,1-5H3,(H,19,24)(H,22,23)/t13-,14-/m0/s1. The van der Waals surface area contributed by atoms with E-state index >= 15 is 0 Å². The van der Waals surface area contributed by atoms with Crippen LogP contribution in [0.4, 0.5) is 4.79 Å². The molecule has 2 amide bonds. The summed E-state index contributed by atoms with van der Waals surface area (Å²) < 4.78 is 5.11. The van der Waals surface area contributed by atoms with E-state index in [4.69, 9.17) is 4.74 Å². The number of carbonyl (C=O) groups excluding carboxylic acids is 2. The number of nitrogens with one attached hydrogen (secondary N) is 1. The van der Waals surface area contributed by atoms with E-state index in [9.17, 15) is 19.5 Å². The van der Waals surface area contributed by atoms with Crippen LogP contribution >= 0.6 is 11.8 Å². The second kappa shape index (κ2) is 10.0. The summed E-state index contributed by atoms with van der Waals surface area (Å²) in [5, 5.41) is 11.7. The predicted octanol–water partition coefficient (Wildman–Crippen LogP) is 2.73. The molecule has 0 aromatic heterocycles. The van der Waals surface area contributed by atoms with Gasteiger partial charge in [0, 0.05) is 30.5 Å². The molecular weight excluding hydrogens is 356 g/mol. The molecule has 26 heavy (non-hydrogen) atoms. The van der Waals surface area contributed by atoms with E-state index in [1.807, 2.05) is 18.7 Å². The molecule has 0 unspecified atom stereocenters. The molecule has 7 nitrogen and oxygen atoms in total. The lowest BCUT2D eigenvalue weighted by Crippen LogP contribution is -2.45. The number of ether oxygens (including phenoxy) is 1. The fraction of sp³-hybridized carbons (Fsp3) is 0.833. The van der Waals surface area contributed by atoms with E-state index in [1.165, 1.54) is 11.8 Å². The number of thioether (sulfide) groups is 1. The Morgan fingerprint density at radius 3 is 2.50 bits per heavy atom. The Hall–Kier alpha value is -1.44. The van der Waals surface area contributed by atoms with Gasteiger partial charge in [0.05, 0.1) is 0 Å². The lowest BCUT2D eigenvalue weighted by atomic mass is 10.1. The molecule has 8 heteroatoms. The van der Waals surface area contributed by atoms with Gasteiger partial charge in [-0.1, -0.05) is 13.8 Å². The highest BCUT2D eigenvalue weighted by atomic mass is 32.2. The monoisotopic (exact) mass is 388 g/mol. The van der Waals surface area contributed by atoms with Crippen LogP contribution in [0.25, 0.3) is 0 Å². The number of carboxylic acids is 1. The number of aliphatic carboxylic acids is 1. The van der Waals surface area contributed by atoms with Gasteiger partial charge in [-0.3, -0.25) is 4.79 Å². The highest BCUT2D eigenvalue weighted by Crippen LogP contribution is 2.23. The minimum Gasteiger partial charge on any atom is -0.480 e. The summed E-state index contributed by atoms with van der Waals surface area (Å²) >= 11 is 1.44. The van der Waals surface area contributed by atoms with Crippen molar-refractivity contribution in [3.05, 3.63) is 0 Å². The zero-order valence-corrected chi connectivity index (χ0v) is 17.2. The highest BCUT2D eigenvalue weighted by molar-refractivity contribution is 7.99. The van der Waals surface area contributed by atoms with Gasteiger partial charge in [-0.15, -0.1) is 0 Å². The van der Waals surface area contributed by atoms with E-state index in [-0.39, 0.29) is 17.7 Å². The second-order valence-electron chi connectivity index (χ2n) is 8.06. The van der Waals surface area contributed by atoms with Crippen molar-refractivity contribution in [1.82, 2.24) is 10.2 Å². The van der Waals surface area contributed by atoms with E-state index < -0.39 is 23.7 Å². The quantitative estimate of drug-likeness (QED) is 0.664. The first-order chi connectivity index (χ1) is 12.0. The number of carbonyl (C=O) groups is 3. The van der Waals surface area contributed by atoms with Crippen LogP contribution in [-0.4, -0.2) is 63.7 Å². The van der Waals surface area contributed by atoms with Crippen LogP contribution in [0.2, 0.25) is 0 Å². The summed E-state index contributed by atoms with van der Waals surface area (Å²) in [7, 11) is 0. The zero-order valence-electron chi connectivity index (χ0n) is 16.4. The van der Waals surface area contributed by atoms with Gasteiger partial charge in [0.25, 0.3) is 0 Å². The van der Waals surface area contributed by atoms with Gasteiger partial charge in [-0.25, -0.2) is 9.59 Å². The normalized spacial score (nSPS) is 18.7. The minimum absolute atomic E-state index is 0.141. The number of hydrogen-bond acceptors (Lipinski definition) is 5. The Bertz CT molecular complexity index is 504. The van der Waals surface area contributed by atoms with Crippen LogP contribution in [0.1, 0.15) is 53.9 Å². The first kappa shape index (κ1) is 22.6. The Morgan fingerprint density at radius 1 is 1.31 bits per heavy atom. The third kappa shape index (κ3) is 8.29. The van der Waals surface area contributed by atoms with Gasteiger partial charge in [0.2, 0.25) is 5.91 Å². The van der Waals surface area contributed by atoms with E-state index in [0.717, 1.165) is 19.4 Å². The van der Waals surface area contributed by atoms with Crippen molar-refractivity contribution in [3.8, 4) is 0 Å². The summed E-state index contributed by atoms with van der Waals surface area (Å²) in [6, 6.07) is -0.877. The molecule has 2 N–H and O–H groups in total. The molecule has 1 fully saturated rings. The maximum atomic E-state index is 12.3. The molecular formula is C18H32N2O5S. The third-order valence-electron chi connectivity index (χ3n) is 3.86. The average molecular weight is 389 g/mol. The summed E-state index contributed by atoms with van der Waals surface area (Å²) in [6.07, 6.45) is 1.72. The Labute approximate surface area is 160 Å². The molecule has 0 aromatic carbocycles. The van der Waals surface area contributed by atoms with E-state index in [0.29, 0.717) is 18.1 Å². The number of nitrogens with zero attached hydrogens (tertiary/aromatic N) is 1. The molecule has 1 aliphatic heterocycles. The van der Waals surface area contributed by atoms with Gasteiger partial charge in [0.1, 0.15) is 11.6 Å². The smallest absolute Gasteiger partial charge is 0.408 e. The van der Waals surface area contributed by atoms with Crippen LogP contribution in [0.3, 0.4) is 0 Å². The fourth-order valence-electron chi connectivity index (χ4n) is 2.75. The molecule has 150 valence electrons. The number of carboxylic acid groups (broad SMARTS) is 1. The van der Waals surface area contributed by atoms with Crippen molar-refractivity contribution in [2.24, 2.45) is 5.92 Å². The molecule has 0 saturated carbocycles. The van der Waals surface area contributed by atoms with Crippen molar-refractivity contribution in [2.75, 3.05) is 18.1 Å². The summed E-state index contributed by atoms with van der Waals surface area (Å²) in [6.45, 7) is 9.99. The lowest BCUT2D eigenvalue weighted by Gasteiger charge is -2.26. The predicted molar refractivity (Wildman–Crippen MR) is 102 cm³/mol. The van der Waals surface area contributed by atoms with Gasteiger partial charge in [-0.05, 0) is 39.5 Å². The summed E-state index contributed by atoms with van der Waals surface area (Å²) in [4.78, 5) is 37.4. The first-order valence-corrected chi connectivity index (χ1v) is 10.2. The van der Waals surface area contributed by atoms with Crippen LogP contribution in [0.15, 0.2) is 0 Å². The average Bonchev–Trinajstić information content (AvgIpc) is 2.91. The third-order valence-corrected chi connectivity index (χ3v) is 5.05. The van der Waals surface area contributed by atoms with Crippen molar-refractivity contribution in [2.45, 2.75) is 71.6 Å². The Morgan fingerprint density at radius 2 is 1.96 bits per heavy atom. The van der Waals surface area contributed by atoms with Gasteiger partial charge < -0.3 is 20.1 Å². The molecule has 0 spiro atoms. The molecule has 0 aliphatic carbocycles. The van der Waals surface area contributed by atoms with Crippen molar-refractivity contribution >= 4 is 29.7 Å². The number of alkyl carbamates (subject to hydrolysis) is 1. The van der Waals surface area contributed by atoms with Crippen LogP contribution < -0.4 is 5.32 Å². The van der Waals surface area contributed by atoms with E-state index in [2.05, 4.69) is 5.32 Å². The first-order valence-electron chi connectivity index (χ1n) is 9.09. The molecule has 1 heterocycles. The zero-order chi connectivity index (χ0) is 19.9. The van der Waals surface area contributed by atoms with Gasteiger partial charge >= 0.3 is 12.1 Å². The number of rotatable bonds is 8. The minimum atomic E-state index is -1.09. The van der Waals surface area contributed by atoms with Crippen LogP contribution in [0, 0.1) is 5.92 Å². The van der Waals surface area contributed by atoms with Gasteiger partial charge in [-0.2, -0.15) is 11.8 Å². The summed E-state index contributed by atoms with van der Waals surface area (Å²) in [5.41, 5.74) is -0.679. The molecule has 1 saturated heterocycles. The van der Waals surface area contributed by atoms with Crippen LogP contribution in [-0.2, 0) is 14.3 Å². The van der Waals surface area contributed by atoms with E-state index in [1.54, 1.807) is 20.8 Å². The molecule has 0 radical (unpaired) electrons. The molecule has 1 aliphatic rings.